The first kappa shape index (κ1) is 7.56. The molecule has 0 aliphatic rings. The standard InChI is InChI=1S/C12H8FN/c13-11-7-9-6-5-8-3-1-2-4-10(8)12(9)14-11/h1-7,14H. The first-order valence-corrected chi connectivity index (χ1v) is 4.50. The van der Waals surface area contributed by atoms with E-state index in [1.54, 1.807) is 0 Å². The average molecular weight is 185 g/mol. The minimum atomic E-state index is -0.281. The molecule has 0 saturated heterocycles. The van der Waals surface area contributed by atoms with E-state index in [-0.39, 0.29) is 5.95 Å². The van der Waals surface area contributed by atoms with Gasteiger partial charge in [0.25, 0.3) is 0 Å². The molecule has 1 nitrogen and oxygen atoms in total. The fourth-order valence-corrected chi connectivity index (χ4v) is 1.84. The second-order valence-electron chi connectivity index (χ2n) is 3.37. The molecule has 0 unspecified atom stereocenters. The zero-order valence-electron chi connectivity index (χ0n) is 7.42. The van der Waals surface area contributed by atoms with Crippen LogP contribution in [0.15, 0.2) is 42.5 Å². The van der Waals surface area contributed by atoms with Gasteiger partial charge < -0.3 is 4.98 Å². The molecule has 0 spiro atoms. The van der Waals surface area contributed by atoms with Crippen LogP contribution in [0.1, 0.15) is 0 Å². The van der Waals surface area contributed by atoms with E-state index in [0.29, 0.717) is 0 Å². The first-order valence-electron chi connectivity index (χ1n) is 4.50. The SMILES string of the molecule is Fc1cc2ccc3ccccc3c2[nH]1. The van der Waals surface area contributed by atoms with Crippen LogP contribution in [0.2, 0.25) is 0 Å². The van der Waals surface area contributed by atoms with E-state index in [1.165, 1.54) is 6.07 Å². The summed E-state index contributed by atoms with van der Waals surface area (Å²) in [6, 6.07) is 13.4. The van der Waals surface area contributed by atoms with Crippen LogP contribution in [-0.4, -0.2) is 4.98 Å². The van der Waals surface area contributed by atoms with Gasteiger partial charge in [0, 0.05) is 16.8 Å². The van der Waals surface area contributed by atoms with Crippen molar-refractivity contribution in [1.29, 1.82) is 0 Å². The van der Waals surface area contributed by atoms with Crippen molar-refractivity contribution in [3.63, 3.8) is 0 Å². The van der Waals surface area contributed by atoms with E-state index in [4.69, 9.17) is 0 Å². The van der Waals surface area contributed by atoms with Gasteiger partial charge in [-0.25, -0.2) is 0 Å². The van der Waals surface area contributed by atoms with E-state index in [9.17, 15) is 4.39 Å². The summed E-state index contributed by atoms with van der Waals surface area (Å²) in [7, 11) is 0. The number of halogens is 1. The van der Waals surface area contributed by atoms with Crippen LogP contribution in [-0.2, 0) is 0 Å². The molecule has 0 saturated carbocycles. The highest BCUT2D eigenvalue weighted by atomic mass is 19.1. The van der Waals surface area contributed by atoms with E-state index >= 15 is 0 Å². The fourth-order valence-electron chi connectivity index (χ4n) is 1.84. The van der Waals surface area contributed by atoms with Crippen LogP contribution < -0.4 is 0 Å². The van der Waals surface area contributed by atoms with E-state index in [2.05, 4.69) is 4.98 Å². The van der Waals surface area contributed by atoms with Crippen LogP contribution >= 0.6 is 0 Å². The number of fused-ring (bicyclic) bond motifs is 3. The summed E-state index contributed by atoms with van der Waals surface area (Å²) in [6.07, 6.45) is 0. The molecule has 0 aliphatic heterocycles. The molecule has 0 amide bonds. The second kappa shape index (κ2) is 2.58. The minimum absolute atomic E-state index is 0.281. The van der Waals surface area contributed by atoms with Crippen molar-refractivity contribution in [2.75, 3.05) is 0 Å². The third-order valence-electron chi connectivity index (χ3n) is 2.49. The summed E-state index contributed by atoms with van der Waals surface area (Å²) in [5.41, 5.74) is 0.876. The highest BCUT2D eigenvalue weighted by Crippen LogP contribution is 2.24. The number of benzene rings is 2. The molecule has 2 heteroatoms. The normalized spacial score (nSPS) is 11.2. The van der Waals surface area contributed by atoms with Crippen molar-refractivity contribution < 1.29 is 4.39 Å². The van der Waals surface area contributed by atoms with Gasteiger partial charge in [0.15, 0.2) is 5.95 Å². The largest absolute Gasteiger partial charge is 0.331 e. The van der Waals surface area contributed by atoms with E-state index in [0.717, 1.165) is 21.7 Å². The van der Waals surface area contributed by atoms with Crippen LogP contribution in [0.4, 0.5) is 4.39 Å². The first-order chi connectivity index (χ1) is 6.84. The molecule has 1 heterocycles. The predicted molar refractivity (Wildman–Crippen MR) is 55.8 cm³/mol. The molecule has 3 aromatic rings. The Morgan fingerprint density at radius 3 is 2.64 bits per heavy atom. The van der Waals surface area contributed by atoms with Gasteiger partial charge in [-0.1, -0.05) is 36.4 Å². The van der Waals surface area contributed by atoms with Crippen molar-refractivity contribution >= 4 is 21.7 Å². The second-order valence-corrected chi connectivity index (χ2v) is 3.37. The maximum Gasteiger partial charge on any atom is 0.192 e. The van der Waals surface area contributed by atoms with Crippen molar-refractivity contribution in [1.82, 2.24) is 4.98 Å². The summed E-state index contributed by atoms with van der Waals surface area (Å²) in [4.78, 5) is 2.73. The molecule has 0 aliphatic carbocycles. The maximum atomic E-state index is 13.0. The van der Waals surface area contributed by atoms with Gasteiger partial charge in [-0.05, 0) is 5.39 Å². The number of H-pyrrole nitrogens is 1. The Morgan fingerprint density at radius 2 is 1.71 bits per heavy atom. The molecule has 68 valence electrons. The Balaban J connectivity index is 2.60. The Kier molecular flexibility index (Phi) is 1.39. The van der Waals surface area contributed by atoms with Crippen molar-refractivity contribution in [3.8, 4) is 0 Å². The molecule has 2 aromatic carbocycles. The quantitative estimate of drug-likeness (QED) is 0.552. The molecular formula is C12H8FN. The minimum Gasteiger partial charge on any atom is -0.331 e. The van der Waals surface area contributed by atoms with Crippen molar-refractivity contribution in [2.45, 2.75) is 0 Å². The van der Waals surface area contributed by atoms with Crippen LogP contribution in [0, 0.1) is 5.95 Å². The van der Waals surface area contributed by atoms with Crippen molar-refractivity contribution in [2.24, 2.45) is 0 Å². The van der Waals surface area contributed by atoms with E-state index in [1.807, 2.05) is 36.4 Å². The van der Waals surface area contributed by atoms with Crippen molar-refractivity contribution in [3.05, 3.63) is 48.4 Å². The number of aromatic nitrogens is 1. The topological polar surface area (TPSA) is 15.8 Å². The van der Waals surface area contributed by atoms with Gasteiger partial charge in [0.1, 0.15) is 0 Å². The Labute approximate surface area is 80.2 Å². The van der Waals surface area contributed by atoms with Crippen LogP contribution in [0.5, 0.6) is 0 Å². The lowest BCUT2D eigenvalue weighted by Gasteiger charge is -1.97. The molecule has 1 aromatic heterocycles. The monoisotopic (exact) mass is 185 g/mol. The summed E-state index contributed by atoms with van der Waals surface area (Å²) < 4.78 is 13.0. The summed E-state index contributed by atoms with van der Waals surface area (Å²) >= 11 is 0. The number of aromatic amines is 1. The third kappa shape index (κ3) is 0.940. The average Bonchev–Trinajstić information content (AvgIpc) is 2.59. The summed E-state index contributed by atoms with van der Waals surface area (Å²) in [5.74, 6) is -0.281. The van der Waals surface area contributed by atoms with Crippen LogP contribution in [0.25, 0.3) is 21.7 Å². The summed E-state index contributed by atoms with van der Waals surface area (Å²) in [6.45, 7) is 0. The Hall–Kier alpha value is -1.83. The smallest absolute Gasteiger partial charge is 0.192 e. The van der Waals surface area contributed by atoms with Gasteiger partial charge in [-0.3, -0.25) is 0 Å². The highest BCUT2D eigenvalue weighted by Gasteiger charge is 2.03. The van der Waals surface area contributed by atoms with Gasteiger partial charge in [0.05, 0.1) is 5.52 Å². The summed E-state index contributed by atoms with van der Waals surface area (Å²) in [5, 5.41) is 3.11. The zero-order valence-corrected chi connectivity index (χ0v) is 7.42. The maximum absolute atomic E-state index is 13.0. The molecule has 0 atom stereocenters. The number of rotatable bonds is 0. The third-order valence-corrected chi connectivity index (χ3v) is 2.49. The molecule has 0 fully saturated rings. The number of nitrogens with one attached hydrogen (secondary N) is 1. The van der Waals surface area contributed by atoms with E-state index < -0.39 is 0 Å². The molecule has 3 rings (SSSR count). The van der Waals surface area contributed by atoms with Crippen LogP contribution in [0.3, 0.4) is 0 Å². The van der Waals surface area contributed by atoms with Gasteiger partial charge in [-0.2, -0.15) is 4.39 Å². The number of hydrogen-bond donors (Lipinski definition) is 1. The van der Waals surface area contributed by atoms with Gasteiger partial charge in [-0.15, -0.1) is 0 Å². The zero-order chi connectivity index (χ0) is 9.54. The molecule has 0 radical (unpaired) electrons. The predicted octanol–water partition coefficient (Wildman–Crippen LogP) is 3.46. The molecule has 1 N–H and O–H groups in total. The lowest BCUT2D eigenvalue weighted by Crippen LogP contribution is -1.74. The van der Waals surface area contributed by atoms with Gasteiger partial charge >= 0.3 is 0 Å². The highest BCUT2D eigenvalue weighted by molar-refractivity contribution is 6.05. The lowest BCUT2D eigenvalue weighted by atomic mass is 10.1. The Morgan fingerprint density at radius 1 is 0.929 bits per heavy atom. The molecule has 0 bridgehead atoms. The molecule has 14 heavy (non-hydrogen) atoms. The lowest BCUT2D eigenvalue weighted by molar-refractivity contribution is 0.595. The Bertz CT molecular complexity index is 610. The molecular weight excluding hydrogens is 177 g/mol. The van der Waals surface area contributed by atoms with Gasteiger partial charge in [0.2, 0.25) is 0 Å². The number of hydrogen-bond acceptors (Lipinski definition) is 0. The fraction of sp³-hybridized carbons (Fsp3) is 0.